The van der Waals surface area contributed by atoms with Gasteiger partial charge >= 0.3 is 0 Å². The molecule has 0 saturated heterocycles. The van der Waals surface area contributed by atoms with Crippen LogP contribution in [0.3, 0.4) is 0 Å². The van der Waals surface area contributed by atoms with Crippen LogP contribution >= 0.6 is 11.8 Å². The SMILES string of the molecule is Cc1ccc(OC2=CCC(C)(Sc3ccc(Oc4ccccc4)cc3)C=C2)cc1. The molecular weight excluding hydrogens is 376 g/mol. The molecule has 0 N–H and O–H groups in total. The summed E-state index contributed by atoms with van der Waals surface area (Å²) in [7, 11) is 0. The van der Waals surface area contributed by atoms with Crippen LogP contribution in [0.2, 0.25) is 0 Å². The van der Waals surface area contributed by atoms with Gasteiger partial charge in [-0.15, -0.1) is 11.8 Å². The van der Waals surface area contributed by atoms with Crippen LogP contribution in [-0.4, -0.2) is 4.75 Å². The zero-order chi connectivity index (χ0) is 20.1. The molecule has 1 atom stereocenters. The van der Waals surface area contributed by atoms with Gasteiger partial charge in [-0.05, 0) is 81.0 Å². The number of rotatable bonds is 6. The molecule has 0 amide bonds. The molecule has 0 fully saturated rings. The fourth-order valence-corrected chi connectivity index (χ4v) is 4.17. The third-order valence-corrected chi connectivity index (χ3v) is 6.00. The lowest BCUT2D eigenvalue weighted by molar-refractivity contribution is 0.436. The zero-order valence-corrected chi connectivity index (χ0v) is 17.5. The van der Waals surface area contributed by atoms with Gasteiger partial charge in [0.15, 0.2) is 0 Å². The molecule has 1 unspecified atom stereocenters. The molecule has 0 spiro atoms. The molecule has 3 heteroatoms. The zero-order valence-electron chi connectivity index (χ0n) is 16.7. The van der Waals surface area contributed by atoms with Crippen LogP contribution in [0, 0.1) is 6.92 Å². The first-order chi connectivity index (χ1) is 14.1. The number of thioether (sulfide) groups is 1. The van der Waals surface area contributed by atoms with Crippen LogP contribution in [0.5, 0.6) is 17.2 Å². The van der Waals surface area contributed by atoms with Crippen LogP contribution in [-0.2, 0) is 0 Å². The highest BCUT2D eigenvalue weighted by Crippen LogP contribution is 2.40. The summed E-state index contributed by atoms with van der Waals surface area (Å²) in [5, 5.41) is 0. The van der Waals surface area contributed by atoms with Crippen LogP contribution < -0.4 is 9.47 Å². The highest BCUT2D eigenvalue weighted by atomic mass is 32.2. The van der Waals surface area contributed by atoms with Gasteiger partial charge in [0, 0.05) is 9.64 Å². The van der Waals surface area contributed by atoms with Gasteiger partial charge in [-0.3, -0.25) is 0 Å². The van der Waals surface area contributed by atoms with Crippen LogP contribution in [0.25, 0.3) is 0 Å². The number of ether oxygens (including phenoxy) is 2. The van der Waals surface area contributed by atoms with E-state index in [1.165, 1.54) is 10.5 Å². The number of para-hydroxylation sites is 1. The van der Waals surface area contributed by atoms with E-state index in [1.54, 1.807) is 0 Å². The van der Waals surface area contributed by atoms with Gasteiger partial charge in [-0.2, -0.15) is 0 Å². The van der Waals surface area contributed by atoms with Crippen molar-refractivity contribution in [3.8, 4) is 17.2 Å². The van der Waals surface area contributed by atoms with E-state index in [0.717, 1.165) is 29.4 Å². The van der Waals surface area contributed by atoms with Crippen molar-refractivity contribution < 1.29 is 9.47 Å². The van der Waals surface area contributed by atoms with Gasteiger partial charge in [0.1, 0.15) is 23.0 Å². The Kier molecular flexibility index (Phi) is 5.77. The first-order valence-electron chi connectivity index (χ1n) is 9.74. The van der Waals surface area contributed by atoms with Gasteiger partial charge in [-0.25, -0.2) is 0 Å². The maximum Gasteiger partial charge on any atom is 0.127 e. The molecule has 0 bridgehead atoms. The quantitative estimate of drug-likeness (QED) is 0.425. The van der Waals surface area contributed by atoms with E-state index >= 15 is 0 Å². The third kappa shape index (κ3) is 5.33. The van der Waals surface area contributed by atoms with Crippen molar-refractivity contribution in [1.82, 2.24) is 0 Å². The molecule has 2 nitrogen and oxygen atoms in total. The first-order valence-corrected chi connectivity index (χ1v) is 10.6. The van der Waals surface area contributed by atoms with Crippen molar-refractivity contribution in [1.29, 1.82) is 0 Å². The highest BCUT2D eigenvalue weighted by molar-refractivity contribution is 8.00. The number of allylic oxidation sites excluding steroid dienone is 2. The number of benzene rings is 3. The summed E-state index contributed by atoms with van der Waals surface area (Å²) < 4.78 is 11.9. The Balaban J connectivity index is 1.35. The lowest BCUT2D eigenvalue weighted by Crippen LogP contribution is -2.18. The van der Waals surface area contributed by atoms with Crippen LogP contribution in [0.4, 0.5) is 0 Å². The average molecular weight is 401 g/mol. The summed E-state index contributed by atoms with van der Waals surface area (Å²) in [6, 6.07) is 26.3. The van der Waals surface area contributed by atoms with Crippen molar-refractivity contribution in [2.45, 2.75) is 29.9 Å². The van der Waals surface area contributed by atoms with Crippen LogP contribution in [0.1, 0.15) is 18.9 Å². The minimum Gasteiger partial charge on any atom is -0.458 e. The second-order valence-corrected chi connectivity index (χ2v) is 8.97. The number of hydrogen-bond donors (Lipinski definition) is 0. The van der Waals surface area contributed by atoms with E-state index in [1.807, 2.05) is 66.4 Å². The summed E-state index contributed by atoms with van der Waals surface area (Å²) in [6.45, 7) is 4.33. The summed E-state index contributed by atoms with van der Waals surface area (Å²) in [5.74, 6) is 3.47. The Labute approximate surface area is 176 Å². The predicted octanol–water partition coefficient (Wildman–Crippen LogP) is 7.56. The van der Waals surface area contributed by atoms with E-state index in [-0.39, 0.29) is 4.75 Å². The van der Waals surface area contributed by atoms with Gasteiger partial charge in [-0.1, -0.05) is 42.0 Å². The fraction of sp³-hybridized carbons (Fsp3) is 0.154. The molecule has 0 saturated carbocycles. The average Bonchev–Trinajstić information content (AvgIpc) is 2.74. The molecule has 146 valence electrons. The second kappa shape index (κ2) is 8.62. The molecule has 29 heavy (non-hydrogen) atoms. The molecular formula is C26H24O2S. The Morgan fingerprint density at radius 3 is 2.03 bits per heavy atom. The van der Waals surface area contributed by atoms with E-state index in [9.17, 15) is 0 Å². The summed E-state index contributed by atoms with van der Waals surface area (Å²) >= 11 is 1.85. The lowest BCUT2D eigenvalue weighted by Gasteiger charge is -2.27. The minimum atomic E-state index is 0.00192. The van der Waals surface area contributed by atoms with Gasteiger partial charge < -0.3 is 9.47 Å². The van der Waals surface area contributed by atoms with E-state index in [4.69, 9.17) is 9.47 Å². The molecule has 0 radical (unpaired) electrons. The third-order valence-electron chi connectivity index (χ3n) is 4.72. The molecule has 3 aromatic rings. The number of aryl methyl sites for hydroxylation is 1. The Morgan fingerprint density at radius 1 is 0.759 bits per heavy atom. The van der Waals surface area contributed by atoms with Gasteiger partial charge in [0.25, 0.3) is 0 Å². The maximum atomic E-state index is 5.97. The van der Waals surface area contributed by atoms with E-state index < -0.39 is 0 Å². The summed E-state index contributed by atoms with van der Waals surface area (Å²) in [5.41, 5.74) is 1.23. The number of hydrogen-bond acceptors (Lipinski definition) is 3. The fourth-order valence-electron chi connectivity index (χ4n) is 3.06. The molecule has 1 aliphatic rings. The molecule has 4 rings (SSSR count). The Morgan fingerprint density at radius 2 is 1.38 bits per heavy atom. The Bertz CT molecular complexity index is 1000. The predicted molar refractivity (Wildman–Crippen MR) is 121 cm³/mol. The molecule has 0 aromatic heterocycles. The smallest absolute Gasteiger partial charge is 0.127 e. The highest BCUT2D eigenvalue weighted by Gasteiger charge is 2.24. The van der Waals surface area contributed by atoms with E-state index in [0.29, 0.717) is 0 Å². The Hall–Kier alpha value is -2.91. The van der Waals surface area contributed by atoms with Crippen molar-refractivity contribution in [2.75, 3.05) is 0 Å². The maximum absolute atomic E-state index is 5.97. The van der Waals surface area contributed by atoms with Crippen molar-refractivity contribution in [2.24, 2.45) is 0 Å². The lowest BCUT2D eigenvalue weighted by atomic mass is 10.0. The second-order valence-electron chi connectivity index (χ2n) is 7.36. The van der Waals surface area contributed by atoms with Crippen molar-refractivity contribution in [3.05, 3.63) is 108 Å². The van der Waals surface area contributed by atoms with E-state index in [2.05, 4.69) is 56.3 Å². The van der Waals surface area contributed by atoms with Crippen molar-refractivity contribution >= 4 is 11.8 Å². The molecule has 0 heterocycles. The normalized spacial score (nSPS) is 18.2. The van der Waals surface area contributed by atoms with Crippen molar-refractivity contribution in [3.63, 3.8) is 0 Å². The minimum absolute atomic E-state index is 0.00192. The topological polar surface area (TPSA) is 18.5 Å². The molecule has 1 aliphatic carbocycles. The first kappa shape index (κ1) is 19.4. The standard InChI is InChI=1S/C26H24O2S/c1-20-8-10-22(11-9-20)28-24-16-18-26(2,19-17-24)29-25-14-12-23(13-15-25)27-21-6-4-3-5-7-21/h3-18H,19H2,1-2H3. The monoisotopic (exact) mass is 400 g/mol. The summed E-state index contributed by atoms with van der Waals surface area (Å²) in [4.78, 5) is 1.22. The largest absolute Gasteiger partial charge is 0.458 e. The molecule has 0 aliphatic heterocycles. The van der Waals surface area contributed by atoms with Gasteiger partial charge in [0.05, 0.1) is 0 Å². The van der Waals surface area contributed by atoms with Gasteiger partial charge in [0.2, 0.25) is 0 Å². The van der Waals surface area contributed by atoms with Crippen LogP contribution in [0.15, 0.2) is 108 Å². The molecule has 3 aromatic carbocycles. The summed E-state index contributed by atoms with van der Waals surface area (Å²) in [6.07, 6.45) is 7.39.